The number of halogens is 1. The van der Waals surface area contributed by atoms with Crippen LogP contribution in [0.5, 0.6) is 5.75 Å². The number of hydrogen-bond acceptors (Lipinski definition) is 8. The van der Waals surface area contributed by atoms with Crippen LogP contribution in [-0.4, -0.2) is 65.6 Å². The van der Waals surface area contributed by atoms with Crippen LogP contribution < -0.4 is 19.9 Å². The molecule has 2 amide bonds. The van der Waals surface area contributed by atoms with Crippen LogP contribution in [-0.2, 0) is 16.0 Å². The smallest absolute Gasteiger partial charge is 0.239 e. The number of fused-ring (bicyclic) bond motifs is 4. The highest BCUT2D eigenvalue weighted by atomic mass is 35.5. The molecule has 242 valence electrons. The van der Waals surface area contributed by atoms with Gasteiger partial charge < -0.3 is 20.2 Å². The van der Waals surface area contributed by atoms with E-state index < -0.39 is 14.4 Å². The predicted molar refractivity (Wildman–Crippen MR) is 188 cm³/mol. The number of carbonyl (C=O) groups is 2. The van der Waals surface area contributed by atoms with E-state index >= 15 is 0 Å². The average molecular weight is 687 g/mol. The number of thiophene rings is 1. The maximum Gasteiger partial charge on any atom is 0.239 e. The summed E-state index contributed by atoms with van der Waals surface area (Å²) < 4.78 is 9.62. The van der Waals surface area contributed by atoms with Crippen LogP contribution in [0.25, 0.3) is 15.8 Å². The van der Waals surface area contributed by atoms with Gasteiger partial charge in [0, 0.05) is 31.9 Å². The molecule has 1 atom stereocenters. The molecular formula is C34H35ClN6O4SSi. The van der Waals surface area contributed by atoms with Crippen molar-refractivity contribution in [3.63, 3.8) is 0 Å². The van der Waals surface area contributed by atoms with E-state index in [9.17, 15) is 14.4 Å². The first kappa shape index (κ1) is 32.6. The molecule has 3 aromatic carbocycles. The Balaban J connectivity index is 1.13. The molecule has 0 bridgehead atoms. The molecule has 0 saturated carbocycles. The summed E-state index contributed by atoms with van der Waals surface area (Å²) in [5.41, 5.74) is 4.19. The van der Waals surface area contributed by atoms with Gasteiger partial charge in [-0.25, -0.2) is 0 Å². The number of benzene rings is 3. The minimum absolute atomic E-state index is 0.0379. The van der Waals surface area contributed by atoms with Crippen LogP contribution in [0.2, 0.25) is 18.1 Å². The highest BCUT2D eigenvalue weighted by Crippen LogP contribution is 2.34. The first-order valence-corrected chi connectivity index (χ1v) is 19.4. The minimum Gasteiger partial charge on any atom is -0.497 e. The Hall–Kier alpha value is -4.36. The number of nitrogens with one attached hydrogen (secondary N) is 2. The van der Waals surface area contributed by atoms with Crippen molar-refractivity contribution in [1.29, 1.82) is 0 Å². The lowest BCUT2D eigenvalue weighted by atomic mass is 10.00. The lowest BCUT2D eigenvalue weighted by Crippen LogP contribution is -2.38. The van der Waals surface area contributed by atoms with E-state index in [1.165, 1.54) is 0 Å². The fourth-order valence-electron chi connectivity index (χ4n) is 5.56. The molecule has 0 spiro atoms. The van der Waals surface area contributed by atoms with E-state index in [4.69, 9.17) is 21.3 Å². The Morgan fingerprint density at radius 2 is 1.81 bits per heavy atom. The van der Waals surface area contributed by atoms with E-state index in [1.54, 1.807) is 30.6 Å². The van der Waals surface area contributed by atoms with Crippen molar-refractivity contribution < 1.29 is 19.1 Å². The fraction of sp³-hybridized carbons (Fsp3) is 0.265. The molecular weight excluding hydrogens is 652 g/mol. The van der Waals surface area contributed by atoms with Gasteiger partial charge in [-0.05, 0) is 79.9 Å². The zero-order valence-electron chi connectivity index (χ0n) is 26.5. The maximum atomic E-state index is 13.2. The van der Waals surface area contributed by atoms with Crippen LogP contribution >= 0.6 is 22.9 Å². The summed E-state index contributed by atoms with van der Waals surface area (Å²) in [6.45, 7) is 5.95. The van der Waals surface area contributed by atoms with Crippen LogP contribution in [0.3, 0.4) is 0 Å². The third-order valence-electron chi connectivity index (χ3n) is 7.99. The second kappa shape index (κ2) is 13.4. The van der Waals surface area contributed by atoms with Crippen molar-refractivity contribution in [2.24, 2.45) is 4.99 Å². The third kappa shape index (κ3) is 7.15. The first-order chi connectivity index (χ1) is 22.5. The van der Waals surface area contributed by atoms with Gasteiger partial charge in [0.1, 0.15) is 17.6 Å². The number of hydrogen-bond donors (Lipinski definition) is 3. The molecule has 0 aliphatic carbocycles. The van der Waals surface area contributed by atoms with E-state index in [0.717, 1.165) is 37.0 Å². The number of nitrogens with zero attached hydrogens (tertiary/aromatic N) is 4. The Kier molecular flexibility index (Phi) is 9.29. The Labute approximate surface area is 282 Å². The SMILES string of the molecule is COc1ccc2c(c1)C(c1ccc(Cl)cc1)=N[C@@H](CC(=O)NCC(=O)NCCc1ccc3sc([Si](C)(C)O)cc3c1)c1nnc(C)n1-2. The molecule has 13 heteroatoms. The number of aromatic nitrogens is 3. The Bertz CT molecular complexity index is 2000. The van der Waals surface area contributed by atoms with Gasteiger partial charge in [0.15, 0.2) is 5.82 Å². The summed E-state index contributed by atoms with van der Waals surface area (Å²) in [5.74, 6) is 1.22. The molecule has 0 radical (unpaired) electrons. The molecule has 2 aromatic heterocycles. The molecule has 6 rings (SSSR count). The molecule has 47 heavy (non-hydrogen) atoms. The first-order valence-electron chi connectivity index (χ1n) is 15.2. The molecule has 5 aromatic rings. The molecule has 0 unspecified atom stereocenters. The highest BCUT2D eigenvalue weighted by Gasteiger charge is 2.30. The van der Waals surface area contributed by atoms with Gasteiger partial charge in [-0.1, -0.05) is 35.9 Å². The van der Waals surface area contributed by atoms with Gasteiger partial charge in [0.2, 0.25) is 20.1 Å². The van der Waals surface area contributed by atoms with Crippen LogP contribution in [0.1, 0.15) is 40.8 Å². The summed E-state index contributed by atoms with van der Waals surface area (Å²) in [6.07, 6.45) is 0.606. The van der Waals surface area contributed by atoms with Crippen LogP contribution in [0, 0.1) is 6.92 Å². The number of aryl methyl sites for hydroxylation is 1. The average Bonchev–Trinajstić information content (AvgIpc) is 3.62. The lowest BCUT2D eigenvalue weighted by molar-refractivity contribution is -0.126. The number of methoxy groups -OCH3 is 1. The van der Waals surface area contributed by atoms with Crippen molar-refractivity contribution in [2.45, 2.75) is 38.9 Å². The summed E-state index contributed by atoms with van der Waals surface area (Å²) >= 11 is 7.82. The van der Waals surface area contributed by atoms with Crippen LogP contribution in [0.4, 0.5) is 0 Å². The molecule has 1 aliphatic heterocycles. The molecule has 3 N–H and O–H groups in total. The summed E-state index contributed by atoms with van der Waals surface area (Å²) in [5, 5.41) is 16.1. The molecule has 10 nitrogen and oxygen atoms in total. The van der Waals surface area contributed by atoms with Gasteiger partial charge in [0.25, 0.3) is 0 Å². The standard InChI is InChI=1S/C34H35ClN6O4SSi/c1-20-39-40-34-27(38-33(22-6-8-24(35)9-7-22)26-17-25(45-2)10-11-28(26)41(20)34)18-30(42)37-19-31(43)36-14-13-21-5-12-29-23(15-21)16-32(46-29)47(3,4)44/h5-12,15-17,27,44H,13-14,18-19H2,1-4H3,(H,36,43)(H,37,42)/t27-/m0/s1. The molecule has 0 saturated heterocycles. The zero-order chi connectivity index (χ0) is 33.3. The van der Waals surface area contributed by atoms with Crippen molar-refractivity contribution in [3.05, 3.63) is 100 Å². The van der Waals surface area contributed by atoms with Crippen molar-refractivity contribution in [2.75, 3.05) is 20.2 Å². The summed E-state index contributed by atoms with van der Waals surface area (Å²) in [6, 6.07) is 20.7. The second-order valence-corrected chi connectivity index (χ2v) is 17.5. The predicted octanol–water partition coefficient (Wildman–Crippen LogP) is 4.61. The fourth-order valence-corrected chi connectivity index (χ4v) is 8.32. The number of aliphatic imine (C=N–C) groups is 1. The Morgan fingerprint density at radius 3 is 2.55 bits per heavy atom. The number of ether oxygens (including phenoxy) is 1. The van der Waals surface area contributed by atoms with E-state index in [-0.39, 0.29) is 24.8 Å². The van der Waals surface area contributed by atoms with Crippen molar-refractivity contribution >= 4 is 63.4 Å². The monoisotopic (exact) mass is 686 g/mol. The van der Waals surface area contributed by atoms with Gasteiger partial charge in [-0.2, -0.15) is 0 Å². The van der Waals surface area contributed by atoms with Gasteiger partial charge in [0.05, 0.1) is 31.5 Å². The molecule has 3 heterocycles. The van der Waals surface area contributed by atoms with Gasteiger partial charge in [-0.15, -0.1) is 21.5 Å². The topological polar surface area (TPSA) is 131 Å². The van der Waals surface area contributed by atoms with Crippen molar-refractivity contribution in [3.8, 4) is 11.4 Å². The number of amides is 2. The third-order valence-corrected chi connectivity index (χ3v) is 12.3. The quantitative estimate of drug-likeness (QED) is 0.184. The van der Waals surface area contributed by atoms with E-state index in [0.29, 0.717) is 41.1 Å². The highest BCUT2D eigenvalue weighted by molar-refractivity contribution is 7.30. The zero-order valence-corrected chi connectivity index (χ0v) is 29.1. The maximum absolute atomic E-state index is 13.2. The van der Waals surface area contributed by atoms with Crippen LogP contribution in [0.15, 0.2) is 71.7 Å². The minimum atomic E-state index is -2.36. The van der Waals surface area contributed by atoms with Gasteiger partial charge in [-0.3, -0.25) is 19.1 Å². The Morgan fingerprint density at radius 1 is 1.02 bits per heavy atom. The number of rotatable bonds is 10. The van der Waals surface area contributed by atoms with Gasteiger partial charge >= 0.3 is 0 Å². The number of carbonyl (C=O) groups excluding carboxylic acids is 2. The van der Waals surface area contributed by atoms with Crippen molar-refractivity contribution in [1.82, 2.24) is 25.4 Å². The normalized spacial score (nSPS) is 14.2. The summed E-state index contributed by atoms with van der Waals surface area (Å²) in [7, 11) is -0.755. The molecule has 0 fully saturated rings. The van der Waals surface area contributed by atoms with E-state index in [1.807, 2.05) is 61.0 Å². The summed E-state index contributed by atoms with van der Waals surface area (Å²) in [4.78, 5) is 41.4. The van der Waals surface area contributed by atoms with E-state index in [2.05, 4.69) is 39.0 Å². The largest absolute Gasteiger partial charge is 0.497 e. The molecule has 1 aliphatic rings. The lowest BCUT2D eigenvalue weighted by Gasteiger charge is -2.14. The second-order valence-electron chi connectivity index (χ2n) is 11.9.